The number of hydrogen-bond acceptors (Lipinski definition) is 2. The van der Waals surface area contributed by atoms with E-state index in [0.717, 1.165) is 0 Å². The highest BCUT2D eigenvalue weighted by molar-refractivity contribution is 6.34. The van der Waals surface area contributed by atoms with E-state index in [1.54, 1.807) is 24.3 Å². The molecule has 0 N–H and O–H groups in total. The summed E-state index contributed by atoms with van der Waals surface area (Å²) in [6, 6.07) is 5.06. The van der Waals surface area contributed by atoms with Gasteiger partial charge in [0.1, 0.15) is 12.4 Å². The third-order valence-electron chi connectivity index (χ3n) is 1.48. The number of hydrogen-bond donors (Lipinski definition) is 0. The van der Waals surface area contributed by atoms with Crippen LogP contribution in [0.5, 0.6) is 5.75 Å². The molecule has 0 atom stereocenters. The first-order valence-corrected chi connectivity index (χ1v) is 4.14. The Bertz CT molecular complexity index is 321. The summed E-state index contributed by atoms with van der Waals surface area (Å²) in [5.74, 6) is 0.506. The average molecular weight is 197 g/mol. The maximum atomic E-state index is 10.5. The molecule has 2 nitrogen and oxygen atoms in total. The lowest BCUT2D eigenvalue weighted by molar-refractivity contribution is 0.112. The molecule has 0 amide bonds. The summed E-state index contributed by atoms with van der Waals surface area (Å²) >= 11 is 5.85. The van der Waals surface area contributed by atoms with Gasteiger partial charge in [0.2, 0.25) is 0 Å². The van der Waals surface area contributed by atoms with Gasteiger partial charge in [-0.3, -0.25) is 4.79 Å². The third kappa shape index (κ3) is 2.33. The van der Waals surface area contributed by atoms with Crippen molar-refractivity contribution in [1.29, 1.82) is 0 Å². The number of carbonyl (C=O) groups is 1. The van der Waals surface area contributed by atoms with Crippen molar-refractivity contribution in [2.24, 2.45) is 0 Å². The maximum absolute atomic E-state index is 10.5. The zero-order valence-corrected chi connectivity index (χ0v) is 7.75. The lowest BCUT2D eigenvalue weighted by Crippen LogP contribution is -1.95. The minimum absolute atomic E-state index is 0.347. The van der Waals surface area contributed by atoms with Gasteiger partial charge < -0.3 is 4.74 Å². The summed E-state index contributed by atoms with van der Waals surface area (Å²) in [4.78, 5) is 10.5. The zero-order chi connectivity index (χ0) is 9.68. The first-order chi connectivity index (χ1) is 6.29. The van der Waals surface area contributed by atoms with E-state index in [0.29, 0.717) is 29.2 Å². The Morgan fingerprint density at radius 3 is 2.92 bits per heavy atom. The van der Waals surface area contributed by atoms with E-state index in [9.17, 15) is 4.79 Å². The van der Waals surface area contributed by atoms with Crippen molar-refractivity contribution in [1.82, 2.24) is 0 Å². The molecule has 1 aromatic carbocycles. The van der Waals surface area contributed by atoms with E-state index in [1.807, 2.05) is 0 Å². The molecule has 0 saturated carbocycles. The van der Waals surface area contributed by atoms with Gasteiger partial charge in [-0.15, -0.1) is 0 Å². The molecule has 0 saturated heterocycles. The molecule has 0 heterocycles. The lowest BCUT2D eigenvalue weighted by Gasteiger charge is -2.05. The van der Waals surface area contributed by atoms with Gasteiger partial charge in [0.25, 0.3) is 0 Å². The van der Waals surface area contributed by atoms with Crippen LogP contribution in [0.3, 0.4) is 0 Å². The van der Waals surface area contributed by atoms with Crippen molar-refractivity contribution >= 4 is 17.9 Å². The van der Waals surface area contributed by atoms with Gasteiger partial charge in [0.05, 0.1) is 5.02 Å². The molecule has 0 aliphatic rings. The second kappa shape index (κ2) is 4.67. The summed E-state index contributed by atoms with van der Waals surface area (Å²) in [5.41, 5.74) is 0.434. The number of ether oxygens (including phenoxy) is 1. The van der Waals surface area contributed by atoms with Gasteiger partial charge in [-0.05, 0) is 12.1 Å². The molecule has 0 spiro atoms. The highest BCUT2D eigenvalue weighted by atomic mass is 35.5. The molecular formula is C10H9ClO2. The topological polar surface area (TPSA) is 26.3 Å². The predicted molar refractivity (Wildman–Crippen MR) is 52.5 cm³/mol. The first-order valence-electron chi connectivity index (χ1n) is 3.77. The average Bonchev–Trinajstić information content (AvgIpc) is 2.16. The van der Waals surface area contributed by atoms with Crippen LogP contribution in [0.15, 0.2) is 30.9 Å². The van der Waals surface area contributed by atoms with Crippen molar-refractivity contribution < 1.29 is 9.53 Å². The van der Waals surface area contributed by atoms with Gasteiger partial charge in [0, 0.05) is 5.56 Å². The van der Waals surface area contributed by atoms with Crippen molar-refractivity contribution in [2.45, 2.75) is 0 Å². The molecule has 68 valence electrons. The second-order valence-electron chi connectivity index (χ2n) is 2.38. The fourth-order valence-electron chi connectivity index (χ4n) is 0.879. The SMILES string of the molecule is C=CCOc1cccc(C=O)c1Cl. The summed E-state index contributed by atoms with van der Waals surface area (Å²) in [6.07, 6.45) is 2.31. The van der Waals surface area contributed by atoms with Crippen molar-refractivity contribution in [3.63, 3.8) is 0 Å². The van der Waals surface area contributed by atoms with Crippen molar-refractivity contribution in [3.8, 4) is 5.75 Å². The molecule has 0 aromatic heterocycles. The van der Waals surface area contributed by atoms with E-state index in [-0.39, 0.29) is 0 Å². The van der Waals surface area contributed by atoms with Crippen LogP contribution in [0.1, 0.15) is 10.4 Å². The van der Waals surface area contributed by atoms with Crippen LogP contribution in [0.25, 0.3) is 0 Å². The van der Waals surface area contributed by atoms with E-state index >= 15 is 0 Å². The number of benzene rings is 1. The Hall–Kier alpha value is -1.28. The van der Waals surface area contributed by atoms with Crippen molar-refractivity contribution in [3.05, 3.63) is 41.4 Å². The summed E-state index contributed by atoms with van der Waals surface area (Å²) in [6.45, 7) is 3.89. The fourth-order valence-corrected chi connectivity index (χ4v) is 1.10. The minimum Gasteiger partial charge on any atom is -0.488 e. The van der Waals surface area contributed by atoms with Gasteiger partial charge in [-0.25, -0.2) is 0 Å². The quantitative estimate of drug-likeness (QED) is 0.547. The Balaban J connectivity index is 2.93. The highest BCUT2D eigenvalue weighted by Gasteiger charge is 2.04. The summed E-state index contributed by atoms with van der Waals surface area (Å²) < 4.78 is 5.22. The Morgan fingerprint density at radius 2 is 2.31 bits per heavy atom. The Morgan fingerprint density at radius 1 is 1.54 bits per heavy atom. The van der Waals surface area contributed by atoms with Gasteiger partial charge in [-0.1, -0.05) is 30.3 Å². The summed E-state index contributed by atoms with van der Waals surface area (Å²) in [7, 11) is 0. The first kappa shape index (κ1) is 9.81. The number of aldehydes is 1. The smallest absolute Gasteiger partial charge is 0.151 e. The number of carbonyl (C=O) groups excluding carboxylic acids is 1. The van der Waals surface area contributed by atoms with Crippen LogP contribution < -0.4 is 4.74 Å². The second-order valence-corrected chi connectivity index (χ2v) is 2.75. The molecule has 1 aromatic rings. The van der Waals surface area contributed by atoms with E-state index < -0.39 is 0 Å². The van der Waals surface area contributed by atoms with Crippen LogP contribution >= 0.6 is 11.6 Å². The third-order valence-corrected chi connectivity index (χ3v) is 1.88. The van der Waals surface area contributed by atoms with Gasteiger partial charge >= 0.3 is 0 Å². The number of rotatable bonds is 4. The van der Waals surface area contributed by atoms with Gasteiger partial charge in [-0.2, -0.15) is 0 Å². The van der Waals surface area contributed by atoms with Crippen LogP contribution in [0, 0.1) is 0 Å². The van der Waals surface area contributed by atoms with Crippen LogP contribution in [-0.4, -0.2) is 12.9 Å². The molecule has 3 heteroatoms. The molecule has 0 aliphatic carbocycles. The van der Waals surface area contributed by atoms with Crippen LogP contribution in [-0.2, 0) is 0 Å². The van der Waals surface area contributed by atoms with E-state index in [4.69, 9.17) is 16.3 Å². The Labute approximate surface area is 81.8 Å². The molecule has 1 rings (SSSR count). The fraction of sp³-hybridized carbons (Fsp3) is 0.100. The zero-order valence-electron chi connectivity index (χ0n) is 7.00. The predicted octanol–water partition coefficient (Wildman–Crippen LogP) is 2.72. The molecule has 0 radical (unpaired) electrons. The molecule has 0 bridgehead atoms. The maximum Gasteiger partial charge on any atom is 0.151 e. The molecular weight excluding hydrogens is 188 g/mol. The number of halogens is 1. The highest BCUT2D eigenvalue weighted by Crippen LogP contribution is 2.26. The molecule has 0 aliphatic heterocycles. The van der Waals surface area contributed by atoms with Crippen molar-refractivity contribution in [2.75, 3.05) is 6.61 Å². The largest absolute Gasteiger partial charge is 0.488 e. The molecule has 0 unspecified atom stereocenters. The summed E-state index contributed by atoms with van der Waals surface area (Å²) in [5, 5.41) is 0.347. The van der Waals surface area contributed by atoms with Crippen LogP contribution in [0.4, 0.5) is 0 Å². The van der Waals surface area contributed by atoms with E-state index in [2.05, 4.69) is 6.58 Å². The normalized spacial score (nSPS) is 9.31. The van der Waals surface area contributed by atoms with E-state index in [1.165, 1.54) is 0 Å². The molecule has 13 heavy (non-hydrogen) atoms. The Kier molecular flexibility index (Phi) is 3.53. The standard InChI is InChI=1S/C10H9ClO2/c1-2-6-13-9-5-3-4-8(7-12)10(9)11/h2-5,7H,1,6H2. The lowest BCUT2D eigenvalue weighted by atomic mass is 10.2. The minimum atomic E-state index is 0.347. The van der Waals surface area contributed by atoms with Crippen LogP contribution in [0.2, 0.25) is 5.02 Å². The van der Waals surface area contributed by atoms with Gasteiger partial charge in [0.15, 0.2) is 6.29 Å². The molecule has 0 fully saturated rings. The monoisotopic (exact) mass is 196 g/mol.